The maximum atomic E-state index is 6.12. The number of anilines is 1. The summed E-state index contributed by atoms with van der Waals surface area (Å²) in [5, 5.41) is 3.12. The van der Waals surface area contributed by atoms with E-state index in [1.807, 2.05) is 11.6 Å². The molecule has 1 aliphatic carbocycles. The summed E-state index contributed by atoms with van der Waals surface area (Å²) in [4.78, 5) is 13.3. The third-order valence-corrected chi connectivity index (χ3v) is 5.36. The molecule has 136 valence electrons. The summed E-state index contributed by atoms with van der Waals surface area (Å²) in [6, 6.07) is 0. The Labute approximate surface area is 165 Å². The summed E-state index contributed by atoms with van der Waals surface area (Å²) in [6.07, 6.45) is 8.41. The number of thiazole rings is 1. The molecule has 1 saturated carbocycles. The first-order valence-electron chi connectivity index (χ1n) is 8.64. The molecule has 1 aromatic heterocycles. The number of hydrogen-bond donors (Lipinski definition) is 1. The van der Waals surface area contributed by atoms with Crippen molar-refractivity contribution in [3.8, 4) is 0 Å². The first-order valence-corrected chi connectivity index (χ1v) is 9.52. The van der Waals surface area contributed by atoms with Gasteiger partial charge in [0.25, 0.3) is 0 Å². The lowest BCUT2D eigenvalue weighted by atomic mass is 10.3. The summed E-state index contributed by atoms with van der Waals surface area (Å²) in [7, 11) is 0. The molecule has 0 atom stereocenters. The Kier molecular flexibility index (Phi) is 8.54. The monoisotopic (exact) mass is 465 g/mol. The van der Waals surface area contributed by atoms with Crippen LogP contribution in [0.15, 0.2) is 16.6 Å². The smallest absolute Gasteiger partial charge is 0.191 e. The van der Waals surface area contributed by atoms with Gasteiger partial charge in [-0.25, -0.2) is 4.98 Å². The van der Waals surface area contributed by atoms with Gasteiger partial charge in [-0.2, -0.15) is 0 Å². The lowest BCUT2D eigenvalue weighted by molar-refractivity contribution is 0.0579. The average Bonchev–Trinajstić information content (AvgIpc) is 3.28. The first kappa shape index (κ1) is 19.7. The highest BCUT2D eigenvalue weighted by molar-refractivity contribution is 14.0. The number of rotatable bonds is 6. The van der Waals surface area contributed by atoms with E-state index in [-0.39, 0.29) is 24.0 Å². The predicted octanol–water partition coefficient (Wildman–Crippen LogP) is 2.55. The fourth-order valence-corrected chi connectivity index (χ4v) is 3.86. The number of piperazine rings is 1. The number of nitrogens with zero attached hydrogens (tertiary/aromatic N) is 4. The van der Waals surface area contributed by atoms with Gasteiger partial charge in [0, 0.05) is 50.9 Å². The minimum absolute atomic E-state index is 0. The first-order chi connectivity index (χ1) is 11.3. The van der Waals surface area contributed by atoms with E-state index in [4.69, 9.17) is 10.5 Å². The van der Waals surface area contributed by atoms with Crippen LogP contribution in [0.5, 0.6) is 0 Å². The number of ether oxygens (including phenoxy) is 1. The molecule has 0 bridgehead atoms. The van der Waals surface area contributed by atoms with Crippen LogP contribution in [0, 0.1) is 0 Å². The molecule has 6 nitrogen and oxygen atoms in total. The lowest BCUT2D eigenvalue weighted by Gasteiger charge is -2.35. The van der Waals surface area contributed by atoms with Gasteiger partial charge in [-0.3, -0.25) is 4.99 Å². The summed E-state index contributed by atoms with van der Waals surface area (Å²) in [6.45, 7) is 5.29. The van der Waals surface area contributed by atoms with Gasteiger partial charge in [-0.1, -0.05) is 12.8 Å². The Hall–Kier alpha value is -0.610. The largest absolute Gasteiger partial charge is 0.378 e. The van der Waals surface area contributed by atoms with E-state index in [2.05, 4.69) is 19.8 Å². The normalized spacial score (nSPS) is 19.6. The van der Waals surface area contributed by atoms with E-state index in [9.17, 15) is 0 Å². The Morgan fingerprint density at radius 2 is 2.04 bits per heavy atom. The minimum Gasteiger partial charge on any atom is -0.378 e. The van der Waals surface area contributed by atoms with Crippen molar-refractivity contribution in [1.29, 1.82) is 0 Å². The van der Waals surface area contributed by atoms with Gasteiger partial charge in [0.2, 0.25) is 0 Å². The molecule has 24 heavy (non-hydrogen) atoms. The third kappa shape index (κ3) is 5.73. The van der Waals surface area contributed by atoms with Crippen LogP contribution in [0.2, 0.25) is 0 Å². The molecule has 1 aliphatic heterocycles. The number of aliphatic imine (C=N–C) groups is 1. The maximum absolute atomic E-state index is 6.12. The molecule has 1 aromatic rings. The molecule has 0 amide bonds. The number of guanidine groups is 1. The summed E-state index contributed by atoms with van der Waals surface area (Å²) in [5.41, 5.74) is 6.12. The van der Waals surface area contributed by atoms with E-state index in [1.165, 1.54) is 25.7 Å². The van der Waals surface area contributed by atoms with Crippen LogP contribution in [-0.4, -0.2) is 61.3 Å². The molecular weight excluding hydrogens is 437 g/mol. The van der Waals surface area contributed by atoms with E-state index >= 15 is 0 Å². The van der Waals surface area contributed by atoms with E-state index < -0.39 is 0 Å². The Morgan fingerprint density at radius 3 is 2.71 bits per heavy atom. The van der Waals surface area contributed by atoms with Crippen molar-refractivity contribution in [2.24, 2.45) is 10.7 Å². The zero-order valence-electron chi connectivity index (χ0n) is 14.1. The van der Waals surface area contributed by atoms with Crippen molar-refractivity contribution >= 4 is 46.4 Å². The van der Waals surface area contributed by atoms with Crippen molar-refractivity contribution in [2.45, 2.75) is 38.2 Å². The molecule has 3 rings (SSSR count). The fraction of sp³-hybridized carbons (Fsp3) is 0.750. The molecule has 8 heteroatoms. The van der Waals surface area contributed by atoms with Crippen LogP contribution in [0.4, 0.5) is 5.13 Å². The van der Waals surface area contributed by atoms with Gasteiger partial charge >= 0.3 is 0 Å². The zero-order chi connectivity index (χ0) is 15.9. The number of nitrogens with two attached hydrogens (primary N) is 1. The van der Waals surface area contributed by atoms with Gasteiger partial charge < -0.3 is 20.3 Å². The quantitative estimate of drug-likeness (QED) is 0.303. The van der Waals surface area contributed by atoms with Gasteiger partial charge in [0.15, 0.2) is 11.1 Å². The second-order valence-electron chi connectivity index (χ2n) is 6.16. The molecule has 0 radical (unpaired) electrons. The Morgan fingerprint density at radius 1 is 1.29 bits per heavy atom. The van der Waals surface area contributed by atoms with Gasteiger partial charge in [-0.05, 0) is 19.3 Å². The van der Waals surface area contributed by atoms with Crippen LogP contribution in [0.1, 0.15) is 32.1 Å². The minimum atomic E-state index is 0. The molecular formula is C16H28IN5OS. The molecule has 0 spiro atoms. The van der Waals surface area contributed by atoms with Crippen LogP contribution in [-0.2, 0) is 4.74 Å². The molecule has 2 aliphatic rings. The molecule has 2 fully saturated rings. The maximum Gasteiger partial charge on any atom is 0.191 e. The van der Waals surface area contributed by atoms with Gasteiger partial charge in [0.1, 0.15) is 0 Å². The summed E-state index contributed by atoms with van der Waals surface area (Å²) < 4.78 is 5.85. The van der Waals surface area contributed by atoms with E-state index in [0.29, 0.717) is 12.1 Å². The van der Waals surface area contributed by atoms with Crippen molar-refractivity contribution < 1.29 is 4.74 Å². The SMILES string of the molecule is I.NC(=NCCCOC1CCCC1)N1CCN(c2nccs2)CC1. The van der Waals surface area contributed by atoms with Crippen LogP contribution >= 0.6 is 35.3 Å². The standard InChI is InChI=1S/C16H27N5OS.HI/c17-15(18-6-3-12-22-14-4-1-2-5-14)20-8-10-21(11-9-20)16-19-7-13-23-16;/h7,13-14H,1-6,8-12H2,(H2,17,18);1H. The predicted molar refractivity (Wildman–Crippen MR) is 111 cm³/mol. The number of halogens is 1. The number of hydrogen-bond acceptors (Lipinski definition) is 5. The molecule has 2 heterocycles. The third-order valence-electron chi connectivity index (χ3n) is 4.53. The summed E-state index contributed by atoms with van der Waals surface area (Å²) in [5.74, 6) is 0.671. The highest BCUT2D eigenvalue weighted by Crippen LogP contribution is 2.21. The molecule has 0 unspecified atom stereocenters. The molecule has 2 N–H and O–H groups in total. The summed E-state index contributed by atoms with van der Waals surface area (Å²) >= 11 is 1.69. The van der Waals surface area contributed by atoms with Crippen LogP contribution in [0.3, 0.4) is 0 Å². The lowest BCUT2D eigenvalue weighted by Crippen LogP contribution is -2.51. The second-order valence-corrected chi connectivity index (χ2v) is 7.03. The van der Waals surface area contributed by atoms with E-state index in [0.717, 1.165) is 50.9 Å². The average molecular weight is 465 g/mol. The number of aromatic nitrogens is 1. The second kappa shape index (κ2) is 10.4. The van der Waals surface area contributed by atoms with Crippen molar-refractivity contribution in [3.05, 3.63) is 11.6 Å². The van der Waals surface area contributed by atoms with Crippen molar-refractivity contribution in [1.82, 2.24) is 9.88 Å². The van der Waals surface area contributed by atoms with Crippen molar-refractivity contribution in [3.63, 3.8) is 0 Å². The van der Waals surface area contributed by atoms with Crippen molar-refractivity contribution in [2.75, 3.05) is 44.2 Å². The topological polar surface area (TPSA) is 67.0 Å². The molecule has 0 aromatic carbocycles. The molecule has 1 saturated heterocycles. The van der Waals surface area contributed by atoms with Crippen LogP contribution < -0.4 is 10.6 Å². The zero-order valence-corrected chi connectivity index (χ0v) is 17.2. The fourth-order valence-electron chi connectivity index (χ4n) is 3.16. The van der Waals surface area contributed by atoms with Gasteiger partial charge in [-0.15, -0.1) is 35.3 Å². The van der Waals surface area contributed by atoms with Gasteiger partial charge in [0.05, 0.1) is 6.10 Å². The van der Waals surface area contributed by atoms with Crippen LogP contribution in [0.25, 0.3) is 0 Å². The Bertz CT molecular complexity index is 485. The Balaban J connectivity index is 0.00000208. The van der Waals surface area contributed by atoms with E-state index in [1.54, 1.807) is 11.3 Å². The highest BCUT2D eigenvalue weighted by atomic mass is 127. The highest BCUT2D eigenvalue weighted by Gasteiger charge is 2.19.